The van der Waals surface area contributed by atoms with Crippen LogP contribution in [0.2, 0.25) is 0 Å². The Balaban J connectivity index is 1.64. The molecule has 3 aromatic carbocycles. The molecule has 0 aliphatic heterocycles. The van der Waals surface area contributed by atoms with Crippen molar-refractivity contribution in [3.8, 4) is 5.75 Å². The van der Waals surface area contributed by atoms with Gasteiger partial charge in [-0.25, -0.2) is 9.80 Å². The van der Waals surface area contributed by atoms with E-state index in [1.807, 2.05) is 80.7 Å². The average Bonchev–Trinajstić information content (AvgIpc) is 3.49. The van der Waals surface area contributed by atoms with Gasteiger partial charge in [0.1, 0.15) is 11.8 Å². The lowest BCUT2D eigenvalue weighted by Crippen LogP contribution is -2.57. The van der Waals surface area contributed by atoms with E-state index in [-0.39, 0.29) is 37.7 Å². The molecular formula is C36H45N5O6S. The highest BCUT2D eigenvalue weighted by molar-refractivity contribution is 7.17. The van der Waals surface area contributed by atoms with E-state index in [4.69, 9.17) is 15.2 Å². The molecule has 48 heavy (non-hydrogen) atoms. The molecule has 0 aliphatic rings. The molecule has 256 valence electrons. The molecule has 2 atom stereocenters. The largest absolute Gasteiger partial charge is 0.508 e. The summed E-state index contributed by atoms with van der Waals surface area (Å²) in [5, 5.41) is 18.6. The molecular weight excluding hydrogens is 630 g/mol. The number of likely N-dealkylation sites (N-methyl/N-ethyl adjacent to an activating group) is 1. The summed E-state index contributed by atoms with van der Waals surface area (Å²) in [6, 6.07) is 21.6. The molecule has 1 aromatic heterocycles. The number of thiophene rings is 1. The smallest absolute Gasteiger partial charge is 0.329 e. The fourth-order valence-corrected chi connectivity index (χ4v) is 6.44. The van der Waals surface area contributed by atoms with Gasteiger partial charge in [-0.3, -0.25) is 14.6 Å². The first-order valence-corrected chi connectivity index (χ1v) is 16.9. The summed E-state index contributed by atoms with van der Waals surface area (Å²) in [5.41, 5.74) is 8.24. The van der Waals surface area contributed by atoms with Gasteiger partial charge in [-0.15, -0.1) is 11.3 Å². The maximum absolute atomic E-state index is 14.7. The minimum absolute atomic E-state index is 0.0908. The van der Waals surface area contributed by atoms with Gasteiger partial charge in [0.25, 0.3) is 0 Å². The Bertz CT molecular complexity index is 1630. The lowest BCUT2D eigenvalue weighted by Gasteiger charge is -2.37. The minimum Gasteiger partial charge on any atom is -0.508 e. The van der Waals surface area contributed by atoms with Crippen molar-refractivity contribution in [2.75, 3.05) is 26.8 Å². The van der Waals surface area contributed by atoms with Crippen LogP contribution in [-0.2, 0) is 38.6 Å². The van der Waals surface area contributed by atoms with Crippen molar-refractivity contribution in [3.05, 3.63) is 101 Å². The number of urea groups is 1. The van der Waals surface area contributed by atoms with E-state index in [9.17, 15) is 19.5 Å². The fraction of sp³-hybridized carbons (Fsp3) is 0.361. The monoisotopic (exact) mass is 675 g/mol. The topological polar surface area (TPSA) is 138 Å². The van der Waals surface area contributed by atoms with E-state index in [2.05, 4.69) is 5.32 Å². The Morgan fingerprint density at radius 3 is 2.19 bits per heavy atom. The summed E-state index contributed by atoms with van der Waals surface area (Å²) in [7, 11) is 1.59. The summed E-state index contributed by atoms with van der Waals surface area (Å²) in [5.74, 6) is -0.718. The van der Waals surface area contributed by atoms with Gasteiger partial charge in [0, 0.05) is 37.9 Å². The number of phenolic OH excluding ortho intramolecular Hbond substituents is 1. The molecule has 0 saturated carbocycles. The third kappa shape index (κ3) is 9.77. The number of nitrogens with two attached hydrogens (primary N) is 1. The van der Waals surface area contributed by atoms with Crippen LogP contribution in [0, 0.1) is 0 Å². The number of aromatic hydroxyl groups is 1. The van der Waals surface area contributed by atoms with Gasteiger partial charge in [0.2, 0.25) is 11.8 Å². The van der Waals surface area contributed by atoms with Crippen LogP contribution in [0.5, 0.6) is 5.75 Å². The third-order valence-corrected chi connectivity index (χ3v) is 8.97. The van der Waals surface area contributed by atoms with Crippen molar-refractivity contribution >= 4 is 39.3 Å². The lowest BCUT2D eigenvalue weighted by molar-refractivity contribution is -0.179. The quantitative estimate of drug-likeness (QED) is 0.107. The molecule has 0 unspecified atom stereocenters. The number of benzene rings is 3. The zero-order valence-electron chi connectivity index (χ0n) is 27.9. The second-order valence-electron chi connectivity index (χ2n) is 11.4. The maximum atomic E-state index is 14.7. The number of carbonyl (C=O) groups excluding carboxylic acids is 3. The Morgan fingerprint density at radius 1 is 0.896 bits per heavy atom. The Kier molecular flexibility index (Phi) is 13.3. The van der Waals surface area contributed by atoms with Crippen LogP contribution in [0.25, 0.3) is 10.1 Å². The molecule has 0 aliphatic carbocycles. The molecule has 1 heterocycles. The predicted molar refractivity (Wildman–Crippen MR) is 187 cm³/mol. The SMILES string of the molecule is CCOC(OCC)[C@H](C)N(Cc1csc2ccccc12)C(=O)[C@H](Cc1ccc(O)cc1)NC(=O)CN(C)N(Cc1ccccc1)C(N)=O. The van der Waals surface area contributed by atoms with Crippen LogP contribution < -0.4 is 11.1 Å². The van der Waals surface area contributed by atoms with E-state index in [1.54, 1.807) is 47.5 Å². The summed E-state index contributed by atoms with van der Waals surface area (Å²) >= 11 is 1.60. The predicted octanol–water partition coefficient (Wildman–Crippen LogP) is 4.88. The second-order valence-corrected chi connectivity index (χ2v) is 12.3. The number of carbonyl (C=O) groups is 3. The van der Waals surface area contributed by atoms with Gasteiger partial charge in [-0.1, -0.05) is 60.7 Å². The van der Waals surface area contributed by atoms with Gasteiger partial charge in [0.15, 0.2) is 6.29 Å². The van der Waals surface area contributed by atoms with Gasteiger partial charge < -0.3 is 30.5 Å². The number of phenols is 1. The number of hydrogen-bond donors (Lipinski definition) is 3. The van der Waals surface area contributed by atoms with E-state index >= 15 is 0 Å². The van der Waals surface area contributed by atoms with Crippen LogP contribution >= 0.6 is 11.3 Å². The molecule has 11 nitrogen and oxygen atoms in total. The molecule has 0 spiro atoms. The summed E-state index contributed by atoms with van der Waals surface area (Å²) in [6.45, 7) is 6.59. The van der Waals surface area contributed by atoms with Crippen LogP contribution in [0.15, 0.2) is 84.2 Å². The van der Waals surface area contributed by atoms with E-state index in [0.717, 1.165) is 26.8 Å². The van der Waals surface area contributed by atoms with Gasteiger partial charge in [-0.05, 0) is 66.4 Å². The molecule has 0 fully saturated rings. The van der Waals surface area contributed by atoms with Crippen LogP contribution in [-0.4, -0.2) is 83.0 Å². The van der Waals surface area contributed by atoms with Crippen molar-refractivity contribution in [2.45, 2.75) is 58.7 Å². The average molecular weight is 676 g/mol. The minimum atomic E-state index is -0.997. The zero-order valence-corrected chi connectivity index (χ0v) is 28.7. The van der Waals surface area contributed by atoms with Crippen molar-refractivity contribution < 1.29 is 29.0 Å². The molecule has 0 bridgehead atoms. The number of rotatable bonds is 17. The van der Waals surface area contributed by atoms with Crippen LogP contribution in [0.1, 0.15) is 37.5 Å². The van der Waals surface area contributed by atoms with E-state index < -0.39 is 30.3 Å². The van der Waals surface area contributed by atoms with Gasteiger partial charge in [-0.2, -0.15) is 0 Å². The first kappa shape index (κ1) is 36.3. The van der Waals surface area contributed by atoms with Crippen molar-refractivity contribution in [2.24, 2.45) is 5.73 Å². The zero-order chi connectivity index (χ0) is 34.6. The summed E-state index contributed by atoms with van der Waals surface area (Å²) in [4.78, 5) is 42.4. The standard InChI is InChI=1S/C36H45N5O6S/c1-5-46-35(47-6-2)25(3)40(22-28-24-48-32-15-11-10-14-30(28)32)34(44)31(20-26-16-18-29(42)19-17-26)38-33(43)23-39(4)41(36(37)45)21-27-12-8-7-9-13-27/h7-19,24-25,31,35,42H,5-6,20-23H2,1-4H3,(H2,37,45)(H,38,43)/t25-,31-/m0/s1. The fourth-order valence-electron chi connectivity index (χ4n) is 5.49. The second kappa shape index (κ2) is 17.6. The lowest BCUT2D eigenvalue weighted by atomic mass is 10.0. The Labute approximate surface area is 285 Å². The van der Waals surface area contributed by atoms with Crippen LogP contribution in [0.4, 0.5) is 4.79 Å². The van der Waals surface area contributed by atoms with Gasteiger partial charge in [0.05, 0.1) is 19.1 Å². The molecule has 12 heteroatoms. The highest BCUT2D eigenvalue weighted by Gasteiger charge is 2.34. The van der Waals surface area contributed by atoms with Crippen molar-refractivity contribution in [3.63, 3.8) is 0 Å². The Hall–Kier alpha value is -4.49. The molecule has 0 radical (unpaired) electrons. The number of fused-ring (bicyclic) bond motifs is 1. The van der Waals surface area contributed by atoms with Crippen molar-refractivity contribution in [1.29, 1.82) is 0 Å². The van der Waals surface area contributed by atoms with Gasteiger partial charge >= 0.3 is 6.03 Å². The highest BCUT2D eigenvalue weighted by Crippen LogP contribution is 2.28. The summed E-state index contributed by atoms with van der Waals surface area (Å²) in [6.07, 6.45) is -0.549. The van der Waals surface area contributed by atoms with Crippen molar-refractivity contribution in [1.82, 2.24) is 20.2 Å². The first-order chi connectivity index (χ1) is 23.1. The molecule has 0 saturated heterocycles. The number of nitrogens with one attached hydrogen (secondary N) is 1. The molecule has 4 aromatic rings. The third-order valence-electron chi connectivity index (χ3n) is 7.96. The van der Waals surface area contributed by atoms with Crippen LogP contribution in [0.3, 0.4) is 0 Å². The molecule has 4 N–H and O–H groups in total. The van der Waals surface area contributed by atoms with E-state index in [0.29, 0.717) is 13.2 Å². The molecule has 4 amide bonds. The first-order valence-electron chi connectivity index (χ1n) is 16.0. The normalized spacial score (nSPS) is 12.6. The number of ether oxygens (including phenoxy) is 2. The number of hydrazine groups is 1. The number of hydrogen-bond acceptors (Lipinski definition) is 8. The van der Waals surface area contributed by atoms with E-state index in [1.165, 1.54) is 10.0 Å². The summed E-state index contributed by atoms with van der Waals surface area (Å²) < 4.78 is 13.0. The number of amides is 4. The number of primary amides is 1. The Morgan fingerprint density at radius 2 is 1.54 bits per heavy atom. The highest BCUT2D eigenvalue weighted by atomic mass is 32.1. The maximum Gasteiger partial charge on any atom is 0.329 e. The molecule has 4 rings (SSSR count). The number of nitrogens with zero attached hydrogens (tertiary/aromatic N) is 3.